The van der Waals surface area contributed by atoms with Crippen molar-refractivity contribution in [1.29, 1.82) is 0 Å². The standard InChI is InChI=1S/C30H44B2NO7P/c1-9-30(31,32)14-13-21-16-24-26(22-15-19(5)11-12-23(22)29(7,8)39-24)25(17-21)40-41(36,28(35)37-10-2)33-20(6)27(34)38-18(3)4/h15-18,20,22-23H,9-14H2,1-8H3,(H,33,36). The fourth-order valence-corrected chi connectivity index (χ4v) is 7.01. The van der Waals surface area contributed by atoms with Crippen molar-refractivity contribution < 1.29 is 32.9 Å². The number of fused-ring (bicyclic) bond motifs is 3. The molecule has 1 aromatic carbocycles. The molecule has 4 unspecified atom stereocenters. The lowest BCUT2D eigenvalue weighted by atomic mass is 9.51. The number of aryl methyl sites for hydroxylation is 1. The number of carbonyl (C=O) groups is 2. The van der Waals surface area contributed by atoms with Gasteiger partial charge < -0.3 is 18.7 Å². The minimum Gasteiger partial charge on any atom is -0.487 e. The van der Waals surface area contributed by atoms with Crippen LogP contribution in [0.15, 0.2) is 23.8 Å². The molecule has 41 heavy (non-hydrogen) atoms. The fraction of sp³-hybridized carbons (Fsp3) is 0.667. The van der Waals surface area contributed by atoms with E-state index in [1.165, 1.54) is 12.5 Å². The Morgan fingerprint density at radius 1 is 1.22 bits per heavy atom. The zero-order valence-corrected chi connectivity index (χ0v) is 26.6. The summed E-state index contributed by atoms with van der Waals surface area (Å²) in [6.07, 6.45) is 5.25. The summed E-state index contributed by atoms with van der Waals surface area (Å²) < 4.78 is 37.4. The van der Waals surface area contributed by atoms with Gasteiger partial charge in [-0.1, -0.05) is 36.6 Å². The summed E-state index contributed by atoms with van der Waals surface area (Å²) in [6.45, 7) is 14.6. The molecule has 0 fully saturated rings. The number of rotatable bonds is 12. The van der Waals surface area contributed by atoms with E-state index < -0.39 is 42.2 Å². The van der Waals surface area contributed by atoms with Gasteiger partial charge in [-0.2, -0.15) is 0 Å². The van der Waals surface area contributed by atoms with Crippen LogP contribution in [-0.4, -0.2) is 51.7 Å². The Bertz CT molecular complexity index is 1210. The quantitative estimate of drug-likeness (QED) is 0.125. The molecule has 0 saturated heterocycles. The van der Waals surface area contributed by atoms with Gasteiger partial charge in [-0.05, 0) is 85.4 Å². The zero-order chi connectivity index (χ0) is 30.8. The molecule has 4 atom stereocenters. The topological polar surface area (TPSA) is 100 Å². The second kappa shape index (κ2) is 13.0. The van der Waals surface area contributed by atoms with Crippen LogP contribution in [0.1, 0.15) is 98.1 Å². The third-order valence-corrected chi connectivity index (χ3v) is 9.64. The molecule has 1 aromatic rings. The number of hydrogen-bond acceptors (Lipinski definition) is 7. The summed E-state index contributed by atoms with van der Waals surface area (Å²) >= 11 is 0. The Kier molecular flexibility index (Phi) is 10.6. The number of ether oxygens (including phenoxy) is 3. The molecule has 1 heterocycles. The van der Waals surface area contributed by atoms with Crippen molar-refractivity contribution in [2.45, 2.75) is 116 Å². The summed E-state index contributed by atoms with van der Waals surface area (Å²) in [4.78, 5) is 25.7. The molecule has 8 nitrogen and oxygen atoms in total. The van der Waals surface area contributed by atoms with Gasteiger partial charge in [0, 0.05) is 17.4 Å². The van der Waals surface area contributed by atoms with Crippen molar-refractivity contribution in [3.8, 4) is 11.5 Å². The minimum atomic E-state index is -4.46. The van der Waals surface area contributed by atoms with Crippen LogP contribution < -0.4 is 14.3 Å². The van der Waals surface area contributed by atoms with Crippen molar-refractivity contribution in [2.24, 2.45) is 5.92 Å². The van der Waals surface area contributed by atoms with Crippen LogP contribution in [-0.2, 0) is 25.3 Å². The Hall–Kier alpha value is -2.18. The monoisotopic (exact) mass is 583 g/mol. The van der Waals surface area contributed by atoms with E-state index in [1.807, 2.05) is 13.0 Å². The van der Waals surface area contributed by atoms with Gasteiger partial charge in [-0.15, -0.1) is 0 Å². The van der Waals surface area contributed by atoms with E-state index in [0.717, 1.165) is 18.4 Å². The zero-order valence-electron chi connectivity index (χ0n) is 25.7. The number of hydrogen-bond donors (Lipinski definition) is 1. The van der Waals surface area contributed by atoms with E-state index in [4.69, 9.17) is 34.4 Å². The molecule has 1 aliphatic heterocycles. The smallest absolute Gasteiger partial charge is 0.424 e. The lowest BCUT2D eigenvalue weighted by Crippen LogP contribution is -2.45. The van der Waals surface area contributed by atoms with Crippen molar-refractivity contribution in [3.05, 3.63) is 34.9 Å². The van der Waals surface area contributed by atoms with Crippen molar-refractivity contribution in [1.82, 2.24) is 5.09 Å². The largest absolute Gasteiger partial charge is 0.487 e. The summed E-state index contributed by atoms with van der Waals surface area (Å²) in [5, 5.41) is 1.75. The van der Waals surface area contributed by atoms with Gasteiger partial charge in [-0.25, -0.2) is 14.4 Å². The summed E-state index contributed by atoms with van der Waals surface area (Å²) in [6, 6.07) is 2.62. The highest BCUT2D eigenvalue weighted by atomic mass is 31.2. The molecule has 0 bridgehead atoms. The third kappa shape index (κ3) is 8.01. The Morgan fingerprint density at radius 2 is 1.90 bits per heavy atom. The van der Waals surface area contributed by atoms with E-state index in [-0.39, 0.29) is 24.2 Å². The SMILES string of the molecule is [B]C([B])(CC)CCc1cc2c(c(OP(=O)(NC(C)C(=O)OC(C)C)C(=O)OCC)c1)C1C=C(C)CCC1C(C)(C)O2. The van der Waals surface area contributed by atoms with Crippen LogP contribution >= 0.6 is 7.52 Å². The maximum Gasteiger partial charge on any atom is 0.424 e. The van der Waals surface area contributed by atoms with Gasteiger partial charge in [0.25, 0.3) is 0 Å². The molecule has 2 aliphatic rings. The van der Waals surface area contributed by atoms with Crippen molar-refractivity contribution in [2.75, 3.05) is 6.61 Å². The lowest BCUT2D eigenvalue weighted by Gasteiger charge is -2.47. The number of allylic oxidation sites excluding steroid dienone is 2. The highest BCUT2D eigenvalue weighted by Crippen LogP contribution is 2.57. The predicted octanol–water partition coefficient (Wildman–Crippen LogP) is 6.75. The molecule has 0 saturated carbocycles. The highest BCUT2D eigenvalue weighted by Gasteiger charge is 2.47. The van der Waals surface area contributed by atoms with E-state index in [9.17, 15) is 14.2 Å². The van der Waals surface area contributed by atoms with Crippen molar-refractivity contribution >= 4 is 34.9 Å². The first-order valence-corrected chi connectivity index (χ1v) is 16.2. The maximum absolute atomic E-state index is 14.3. The Morgan fingerprint density at radius 3 is 2.51 bits per heavy atom. The van der Waals surface area contributed by atoms with Crippen LogP contribution in [0.4, 0.5) is 4.79 Å². The molecule has 0 aromatic heterocycles. The normalized spacial score (nSPS) is 21.8. The maximum atomic E-state index is 14.3. The van der Waals surface area contributed by atoms with Crippen LogP contribution in [0, 0.1) is 5.92 Å². The van der Waals surface area contributed by atoms with Crippen LogP contribution in [0.5, 0.6) is 11.5 Å². The van der Waals surface area contributed by atoms with Gasteiger partial charge in [0.2, 0.25) is 0 Å². The van der Waals surface area contributed by atoms with Crippen LogP contribution in [0.25, 0.3) is 0 Å². The van der Waals surface area contributed by atoms with Crippen LogP contribution in [0.2, 0.25) is 5.21 Å². The average molecular weight is 583 g/mol. The summed E-state index contributed by atoms with van der Waals surface area (Å²) in [5.41, 5.74) is 1.20. The number of nitrogens with one attached hydrogen (secondary N) is 1. The molecule has 3 rings (SSSR count). The Balaban J connectivity index is 2.14. The molecule has 0 amide bonds. The predicted molar refractivity (Wildman–Crippen MR) is 162 cm³/mol. The van der Waals surface area contributed by atoms with Gasteiger partial charge in [0.1, 0.15) is 23.1 Å². The molecule has 11 heteroatoms. The van der Waals surface area contributed by atoms with Gasteiger partial charge >= 0.3 is 19.2 Å². The third-order valence-electron chi connectivity index (χ3n) is 7.85. The van der Waals surface area contributed by atoms with Crippen molar-refractivity contribution in [3.63, 3.8) is 0 Å². The number of carbonyl (C=O) groups excluding carboxylic acids is 2. The van der Waals surface area contributed by atoms with Gasteiger partial charge in [-0.3, -0.25) is 4.79 Å². The second-order valence-corrected chi connectivity index (χ2v) is 14.1. The highest BCUT2D eigenvalue weighted by molar-refractivity contribution is 7.74. The average Bonchev–Trinajstić information content (AvgIpc) is 2.86. The van der Waals surface area contributed by atoms with Crippen LogP contribution in [0.3, 0.4) is 0 Å². The van der Waals surface area contributed by atoms with Gasteiger partial charge in [0.05, 0.1) is 28.4 Å². The van der Waals surface area contributed by atoms with E-state index in [2.05, 4.69) is 31.9 Å². The first kappa shape index (κ1) is 33.3. The number of benzene rings is 1. The first-order chi connectivity index (χ1) is 19.0. The molecule has 1 aliphatic carbocycles. The number of esters is 1. The molecular formula is C30H44B2NO7P. The minimum absolute atomic E-state index is 0.0210. The molecule has 222 valence electrons. The fourth-order valence-electron chi connectivity index (χ4n) is 5.44. The first-order valence-electron chi connectivity index (χ1n) is 14.6. The Labute approximate surface area is 248 Å². The van der Waals surface area contributed by atoms with E-state index >= 15 is 0 Å². The summed E-state index contributed by atoms with van der Waals surface area (Å²) in [5.74, 6) is 0.195. The second-order valence-electron chi connectivity index (χ2n) is 12.2. The van der Waals surface area contributed by atoms with E-state index in [0.29, 0.717) is 30.6 Å². The van der Waals surface area contributed by atoms with Gasteiger partial charge in [0.15, 0.2) is 0 Å². The lowest BCUT2D eigenvalue weighted by molar-refractivity contribution is -0.149. The molecular weight excluding hydrogens is 539 g/mol. The summed E-state index contributed by atoms with van der Waals surface area (Å²) in [7, 11) is 7.99. The molecule has 4 radical (unpaired) electrons. The van der Waals surface area contributed by atoms with E-state index in [1.54, 1.807) is 26.8 Å². The molecule has 1 N–H and O–H groups in total. The molecule has 0 spiro atoms.